The molecule has 2 aromatic rings. The van der Waals surface area contributed by atoms with Crippen molar-refractivity contribution in [3.8, 4) is 0 Å². The van der Waals surface area contributed by atoms with E-state index < -0.39 is 0 Å². The van der Waals surface area contributed by atoms with Gasteiger partial charge in [0.2, 0.25) is 0 Å². The van der Waals surface area contributed by atoms with Crippen LogP contribution in [0.3, 0.4) is 0 Å². The van der Waals surface area contributed by atoms with Gasteiger partial charge in [0.1, 0.15) is 0 Å². The van der Waals surface area contributed by atoms with Gasteiger partial charge in [-0.05, 0) is 55.6 Å². The summed E-state index contributed by atoms with van der Waals surface area (Å²) in [6, 6.07) is 9.18. The van der Waals surface area contributed by atoms with E-state index >= 15 is 0 Å². The van der Waals surface area contributed by atoms with E-state index in [4.69, 9.17) is 11.6 Å². The fourth-order valence-corrected chi connectivity index (χ4v) is 2.85. The first-order valence-electron chi connectivity index (χ1n) is 4.86. The fraction of sp³-hybridized carbons (Fsp3) is 0.0833. The second kappa shape index (κ2) is 5.38. The summed E-state index contributed by atoms with van der Waals surface area (Å²) in [5.41, 5.74) is 0.977. The summed E-state index contributed by atoms with van der Waals surface area (Å²) in [6.45, 7) is 0.522. The zero-order valence-corrected chi connectivity index (χ0v) is 12.6. The minimum atomic E-state index is -0.0526. The van der Waals surface area contributed by atoms with Gasteiger partial charge in [0.15, 0.2) is 0 Å². The maximum Gasteiger partial charge on any atom is 0.265 e. The van der Waals surface area contributed by atoms with Crippen LogP contribution in [-0.2, 0) is 6.54 Å². The van der Waals surface area contributed by atoms with E-state index in [0.29, 0.717) is 16.0 Å². The van der Waals surface area contributed by atoms with Crippen molar-refractivity contribution in [3.63, 3.8) is 0 Å². The molecule has 0 aliphatic rings. The molecule has 0 aliphatic carbocycles. The van der Waals surface area contributed by atoms with E-state index in [1.54, 1.807) is 16.8 Å². The van der Waals surface area contributed by atoms with Crippen molar-refractivity contribution < 1.29 is 0 Å². The van der Waals surface area contributed by atoms with Crippen molar-refractivity contribution >= 4 is 43.5 Å². The molecule has 0 amide bonds. The second-order valence-corrected chi connectivity index (χ2v) is 5.77. The van der Waals surface area contributed by atoms with E-state index in [1.807, 2.05) is 24.3 Å². The third-order valence-corrected chi connectivity index (χ3v) is 3.53. The quantitative estimate of drug-likeness (QED) is 0.773. The molecular formula is C12H8Br2ClNO. The van der Waals surface area contributed by atoms with Gasteiger partial charge in [-0.2, -0.15) is 0 Å². The van der Waals surface area contributed by atoms with Crippen molar-refractivity contribution in [2.45, 2.75) is 6.54 Å². The molecule has 88 valence electrons. The standard InChI is InChI=1S/C12H8Br2ClNO/c13-9-5-11(14)12(17)16(7-9)6-8-1-3-10(15)4-2-8/h1-5,7H,6H2. The van der Waals surface area contributed by atoms with Gasteiger partial charge >= 0.3 is 0 Å². The van der Waals surface area contributed by atoms with Gasteiger partial charge in [0, 0.05) is 15.7 Å². The van der Waals surface area contributed by atoms with Crippen molar-refractivity contribution in [2.75, 3.05) is 0 Å². The molecule has 0 bridgehead atoms. The number of halogens is 3. The van der Waals surface area contributed by atoms with E-state index in [2.05, 4.69) is 31.9 Å². The van der Waals surface area contributed by atoms with Gasteiger partial charge in [-0.15, -0.1) is 0 Å². The van der Waals surface area contributed by atoms with E-state index in [0.717, 1.165) is 10.0 Å². The van der Waals surface area contributed by atoms with Crippen molar-refractivity contribution in [3.05, 3.63) is 66.4 Å². The number of rotatable bonds is 2. The lowest BCUT2D eigenvalue weighted by atomic mass is 10.2. The molecule has 0 spiro atoms. The summed E-state index contributed by atoms with van der Waals surface area (Å²) in [6.07, 6.45) is 1.77. The number of hydrogen-bond acceptors (Lipinski definition) is 1. The molecule has 0 saturated heterocycles. The third-order valence-electron chi connectivity index (χ3n) is 2.28. The van der Waals surface area contributed by atoms with Gasteiger partial charge < -0.3 is 4.57 Å². The molecule has 0 atom stereocenters. The van der Waals surface area contributed by atoms with Crippen LogP contribution in [0.15, 0.2) is 50.3 Å². The number of benzene rings is 1. The van der Waals surface area contributed by atoms with Crippen molar-refractivity contribution in [1.29, 1.82) is 0 Å². The average molecular weight is 377 g/mol. The highest BCUT2D eigenvalue weighted by Gasteiger charge is 2.03. The monoisotopic (exact) mass is 375 g/mol. The smallest absolute Gasteiger partial charge is 0.265 e. The van der Waals surface area contributed by atoms with Crippen LogP contribution in [-0.4, -0.2) is 4.57 Å². The first-order valence-corrected chi connectivity index (χ1v) is 6.82. The van der Waals surface area contributed by atoms with Crippen LogP contribution in [0.2, 0.25) is 5.02 Å². The molecule has 1 heterocycles. The summed E-state index contributed by atoms with van der Waals surface area (Å²) in [4.78, 5) is 11.9. The largest absolute Gasteiger partial charge is 0.309 e. The Morgan fingerprint density at radius 1 is 1.18 bits per heavy atom. The first kappa shape index (κ1) is 12.9. The summed E-state index contributed by atoms with van der Waals surface area (Å²) in [7, 11) is 0. The minimum absolute atomic E-state index is 0.0526. The molecule has 2 nitrogen and oxygen atoms in total. The summed E-state index contributed by atoms with van der Waals surface area (Å²) >= 11 is 12.4. The average Bonchev–Trinajstić information content (AvgIpc) is 2.28. The van der Waals surface area contributed by atoms with Gasteiger partial charge in [0.05, 0.1) is 11.0 Å². The second-order valence-electron chi connectivity index (χ2n) is 3.57. The lowest BCUT2D eigenvalue weighted by Gasteiger charge is -2.07. The molecule has 0 N–H and O–H groups in total. The van der Waals surface area contributed by atoms with Crippen LogP contribution in [0, 0.1) is 0 Å². The highest BCUT2D eigenvalue weighted by atomic mass is 79.9. The van der Waals surface area contributed by atoms with Gasteiger partial charge in [0.25, 0.3) is 5.56 Å². The Labute approximate surface area is 120 Å². The normalized spacial score (nSPS) is 10.5. The summed E-state index contributed by atoms with van der Waals surface area (Å²) < 4.78 is 3.04. The Hall–Kier alpha value is -0.580. The van der Waals surface area contributed by atoms with Crippen LogP contribution in [0.1, 0.15) is 5.56 Å². The molecule has 0 saturated carbocycles. The van der Waals surface area contributed by atoms with Crippen LogP contribution in [0.5, 0.6) is 0 Å². The summed E-state index contributed by atoms with van der Waals surface area (Å²) in [5.74, 6) is 0. The topological polar surface area (TPSA) is 22.0 Å². The molecule has 5 heteroatoms. The van der Waals surface area contributed by atoms with E-state index in [9.17, 15) is 4.79 Å². The maximum atomic E-state index is 11.9. The molecule has 1 aromatic heterocycles. The Kier molecular flexibility index (Phi) is 4.07. The fourth-order valence-electron chi connectivity index (χ4n) is 1.47. The van der Waals surface area contributed by atoms with Gasteiger partial charge in [-0.1, -0.05) is 23.7 Å². The number of pyridine rings is 1. The Morgan fingerprint density at radius 3 is 2.47 bits per heavy atom. The van der Waals surface area contributed by atoms with Crippen molar-refractivity contribution in [1.82, 2.24) is 4.57 Å². The molecule has 0 radical (unpaired) electrons. The predicted octanol–water partition coefficient (Wildman–Crippen LogP) is 4.08. The molecule has 2 rings (SSSR count). The third kappa shape index (κ3) is 3.21. The van der Waals surface area contributed by atoms with Gasteiger partial charge in [-0.25, -0.2) is 0 Å². The first-order chi connectivity index (χ1) is 8.06. The van der Waals surface area contributed by atoms with Crippen LogP contribution in [0.4, 0.5) is 0 Å². The molecular weight excluding hydrogens is 369 g/mol. The Morgan fingerprint density at radius 2 is 1.82 bits per heavy atom. The molecule has 1 aromatic carbocycles. The molecule has 0 unspecified atom stereocenters. The maximum absolute atomic E-state index is 11.9. The van der Waals surface area contributed by atoms with Gasteiger partial charge in [-0.3, -0.25) is 4.79 Å². The molecule has 0 aliphatic heterocycles. The zero-order chi connectivity index (χ0) is 12.4. The zero-order valence-electron chi connectivity index (χ0n) is 8.66. The van der Waals surface area contributed by atoms with E-state index in [1.165, 1.54) is 0 Å². The number of aromatic nitrogens is 1. The van der Waals surface area contributed by atoms with Crippen LogP contribution >= 0.6 is 43.5 Å². The number of hydrogen-bond donors (Lipinski definition) is 0. The summed E-state index contributed by atoms with van der Waals surface area (Å²) in [5, 5.41) is 0.691. The SMILES string of the molecule is O=c1c(Br)cc(Br)cn1Cc1ccc(Cl)cc1. The number of nitrogens with zero attached hydrogens (tertiary/aromatic N) is 1. The highest BCUT2D eigenvalue weighted by molar-refractivity contribution is 9.11. The van der Waals surface area contributed by atoms with Crippen LogP contribution < -0.4 is 5.56 Å². The molecule has 17 heavy (non-hydrogen) atoms. The predicted molar refractivity (Wildman–Crippen MR) is 76.7 cm³/mol. The van der Waals surface area contributed by atoms with E-state index in [-0.39, 0.29) is 5.56 Å². The van der Waals surface area contributed by atoms with Crippen LogP contribution in [0.25, 0.3) is 0 Å². The minimum Gasteiger partial charge on any atom is -0.309 e. The van der Waals surface area contributed by atoms with Crippen molar-refractivity contribution in [2.24, 2.45) is 0 Å². The lowest BCUT2D eigenvalue weighted by molar-refractivity contribution is 0.752. The molecule has 0 fully saturated rings. The lowest BCUT2D eigenvalue weighted by Crippen LogP contribution is -2.20. The Balaban J connectivity index is 2.36. The Bertz CT molecular complexity index is 592. The highest BCUT2D eigenvalue weighted by Crippen LogP contribution is 2.15.